The monoisotopic (exact) mass is 334 g/mol. The number of rotatable bonds is 5. The normalized spacial score (nSPS) is 11.3. The number of carbonyl (C=O) groups is 1. The van der Waals surface area contributed by atoms with Crippen molar-refractivity contribution in [2.75, 3.05) is 26.5 Å². The Balaban J connectivity index is 2.26. The maximum atomic E-state index is 12.3. The predicted octanol–water partition coefficient (Wildman–Crippen LogP) is 2.20. The van der Waals surface area contributed by atoms with Gasteiger partial charge in [-0.3, -0.25) is 4.79 Å². The molecule has 0 aliphatic carbocycles. The Morgan fingerprint density at radius 2 is 1.78 bits per heavy atom. The van der Waals surface area contributed by atoms with Crippen LogP contribution in [0.3, 0.4) is 0 Å². The number of hydrogen-bond acceptors (Lipinski definition) is 4. The average molecular weight is 334 g/mol. The van der Waals surface area contributed by atoms with E-state index in [1.54, 1.807) is 30.3 Å². The van der Waals surface area contributed by atoms with Crippen LogP contribution in [0.5, 0.6) is 5.75 Å². The first-order valence-electron chi connectivity index (χ1n) is 6.82. The van der Waals surface area contributed by atoms with Crippen molar-refractivity contribution in [2.24, 2.45) is 0 Å². The van der Waals surface area contributed by atoms with Gasteiger partial charge < -0.3 is 10.1 Å². The number of carbonyl (C=O) groups excluding carboxylic acids is 1. The highest BCUT2D eigenvalue weighted by Gasteiger charge is 2.18. The average Bonchev–Trinajstić information content (AvgIpc) is 2.55. The van der Waals surface area contributed by atoms with Gasteiger partial charge in [0.25, 0.3) is 5.91 Å². The third-order valence-corrected chi connectivity index (χ3v) is 5.01. The number of sulfonamides is 1. The molecule has 1 amide bonds. The van der Waals surface area contributed by atoms with E-state index in [1.165, 1.54) is 39.4 Å². The van der Waals surface area contributed by atoms with Gasteiger partial charge in [0, 0.05) is 31.4 Å². The molecule has 0 radical (unpaired) electrons. The molecule has 0 unspecified atom stereocenters. The van der Waals surface area contributed by atoms with E-state index in [2.05, 4.69) is 5.32 Å². The van der Waals surface area contributed by atoms with Crippen LogP contribution in [0, 0.1) is 0 Å². The highest BCUT2D eigenvalue weighted by atomic mass is 32.2. The van der Waals surface area contributed by atoms with Crippen LogP contribution < -0.4 is 10.1 Å². The molecule has 23 heavy (non-hydrogen) atoms. The van der Waals surface area contributed by atoms with Gasteiger partial charge in [-0.15, -0.1) is 0 Å². The van der Waals surface area contributed by atoms with E-state index < -0.39 is 15.9 Å². The fraction of sp³-hybridized carbons (Fsp3) is 0.188. The Bertz CT molecular complexity index is 816. The van der Waals surface area contributed by atoms with Crippen LogP contribution in [0.1, 0.15) is 10.4 Å². The first-order valence-corrected chi connectivity index (χ1v) is 8.26. The van der Waals surface area contributed by atoms with Gasteiger partial charge >= 0.3 is 0 Å². The second-order valence-corrected chi connectivity index (χ2v) is 7.15. The van der Waals surface area contributed by atoms with Crippen LogP contribution in [0.4, 0.5) is 5.69 Å². The van der Waals surface area contributed by atoms with Gasteiger partial charge in [-0.1, -0.05) is 12.1 Å². The molecule has 0 spiro atoms. The number of hydrogen-bond donors (Lipinski definition) is 1. The molecule has 0 aromatic heterocycles. The van der Waals surface area contributed by atoms with Crippen molar-refractivity contribution in [2.45, 2.75) is 4.90 Å². The minimum Gasteiger partial charge on any atom is -0.497 e. The first kappa shape index (κ1) is 17.0. The van der Waals surface area contributed by atoms with E-state index >= 15 is 0 Å². The molecule has 0 aliphatic heterocycles. The molecule has 0 saturated carbocycles. The molecule has 2 aromatic rings. The summed E-state index contributed by atoms with van der Waals surface area (Å²) in [6.45, 7) is 0. The molecular formula is C16H18N2O4S. The molecule has 2 rings (SSSR count). The van der Waals surface area contributed by atoms with Crippen LogP contribution in [-0.2, 0) is 10.0 Å². The third-order valence-electron chi connectivity index (χ3n) is 3.20. The number of methoxy groups -OCH3 is 1. The lowest BCUT2D eigenvalue weighted by Gasteiger charge is -2.12. The van der Waals surface area contributed by atoms with E-state index in [9.17, 15) is 13.2 Å². The van der Waals surface area contributed by atoms with Gasteiger partial charge in [0.2, 0.25) is 10.0 Å². The molecule has 7 heteroatoms. The zero-order valence-electron chi connectivity index (χ0n) is 13.1. The standard InChI is InChI=1S/C16H18N2O4S/c1-18(2)23(20,21)15-9-4-6-12(10-15)16(19)17-13-7-5-8-14(11-13)22-3/h4-11H,1-3H3,(H,17,19). The number of nitrogens with zero attached hydrogens (tertiary/aromatic N) is 1. The van der Waals surface area contributed by atoms with Gasteiger partial charge in [-0.05, 0) is 30.3 Å². The lowest BCUT2D eigenvalue weighted by Crippen LogP contribution is -2.22. The highest BCUT2D eigenvalue weighted by molar-refractivity contribution is 7.89. The van der Waals surface area contributed by atoms with Gasteiger partial charge in [0.1, 0.15) is 5.75 Å². The first-order chi connectivity index (χ1) is 10.8. The van der Waals surface area contributed by atoms with Crippen molar-refractivity contribution in [1.82, 2.24) is 4.31 Å². The third kappa shape index (κ3) is 3.88. The topological polar surface area (TPSA) is 75.7 Å². The molecule has 122 valence electrons. The van der Waals surface area contributed by atoms with Crippen molar-refractivity contribution in [3.05, 3.63) is 54.1 Å². The van der Waals surface area contributed by atoms with Crippen LogP contribution in [-0.4, -0.2) is 39.8 Å². The Hall–Kier alpha value is -2.38. The summed E-state index contributed by atoms with van der Waals surface area (Å²) in [7, 11) is 0.841. The van der Waals surface area contributed by atoms with Gasteiger partial charge in [-0.2, -0.15) is 0 Å². The van der Waals surface area contributed by atoms with Crippen molar-refractivity contribution in [3.8, 4) is 5.75 Å². The van der Waals surface area contributed by atoms with E-state index in [1.807, 2.05) is 0 Å². The molecule has 0 fully saturated rings. The summed E-state index contributed by atoms with van der Waals surface area (Å²) < 4.78 is 30.5. The Labute approximate surface area is 135 Å². The Kier molecular flexibility index (Phi) is 5.02. The van der Waals surface area contributed by atoms with E-state index in [-0.39, 0.29) is 10.5 Å². The zero-order valence-corrected chi connectivity index (χ0v) is 13.9. The fourth-order valence-corrected chi connectivity index (χ4v) is 2.86. The van der Waals surface area contributed by atoms with Gasteiger partial charge in [0.05, 0.1) is 12.0 Å². The summed E-state index contributed by atoms with van der Waals surface area (Å²) in [5, 5.41) is 2.71. The maximum absolute atomic E-state index is 12.3. The van der Waals surface area contributed by atoms with Crippen LogP contribution in [0.25, 0.3) is 0 Å². The molecule has 0 aliphatic rings. The van der Waals surface area contributed by atoms with Gasteiger partial charge in [-0.25, -0.2) is 12.7 Å². The lowest BCUT2D eigenvalue weighted by molar-refractivity contribution is 0.102. The quantitative estimate of drug-likeness (QED) is 0.909. The summed E-state index contributed by atoms with van der Waals surface area (Å²) in [5.41, 5.74) is 0.825. The van der Waals surface area contributed by atoms with E-state index in [0.29, 0.717) is 11.4 Å². The lowest BCUT2D eigenvalue weighted by atomic mass is 10.2. The summed E-state index contributed by atoms with van der Waals surface area (Å²) in [6, 6.07) is 12.8. The molecule has 2 aromatic carbocycles. The molecular weight excluding hydrogens is 316 g/mol. The van der Waals surface area contributed by atoms with E-state index in [0.717, 1.165) is 4.31 Å². The highest BCUT2D eigenvalue weighted by Crippen LogP contribution is 2.19. The van der Waals surface area contributed by atoms with Crippen LogP contribution in [0.2, 0.25) is 0 Å². The summed E-state index contributed by atoms with van der Waals surface area (Å²) in [5.74, 6) is 0.223. The largest absolute Gasteiger partial charge is 0.497 e. The summed E-state index contributed by atoms with van der Waals surface area (Å²) >= 11 is 0. The number of amides is 1. The fourth-order valence-electron chi connectivity index (χ4n) is 1.91. The minimum absolute atomic E-state index is 0.0702. The number of anilines is 1. The number of ether oxygens (including phenoxy) is 1. The molecule has 0 saturated heterocycles. The zero-order chi connectivity index (χ0) is 17.0. The number of nitrogens with one attached hydrogen (secondary N) is 1. The Morgan fingerprint density at radius 1 is 1.09 bits per heavy atom. The number of benzene rings is 2. The van der Waals surface area contributed by atoms with Crippen molar-refractivity contribution in [1.29, 1.82) is 0 Å². The van der Waals surface area contributed by atoms with Crippen molar-refractivity contribution in [3.63, 3.8) is 0 Å². The second kappa shape index (κ2) is 6.80. The molecule has 6 nitrogen and oxygen atoms in total. The van der Waals surface area contributed by atoms with Crippen LogP contribution >= 0.6 is 0 Å². The van der Waals surface area contributed by atoms with Gasteiger partial charge in [0.15, 0.2) is 0 Å². The molecule has 1 N–H and O–H groups in total. The molecule has 0 bridgehead atoms. The van der Waals surface area contributed by atoms with E-state index in [4.69, 9.17) is 4.74 Å². The Morgan fingerprint density at radius 3 is 2.43 bits per heavy atom. The minimum atomic E-state index is -3.58. The predicted molar refractivity (Wildman–Crippen MR) is 88.3 cm³/mol. The smallest absolute Gasteiger partial charge is 0.255 e. The summed E-state index contributed by atoms with van der Waals surface area (Å²) in [6.07, 6.45) is 0. The SMILES string of the molecule is COc1cccc(NC(=O)c2cccc(S(=O)(=O)N(C)C)c2)c1. The molecule has 0 heterocycles. The van der Waals surface area contributed by atoms with Crippen LogP contribution in [0.15, 0.2) is 53.4 Å². The second-order valence-electron chi connectivity index (χ2n) is 5.00. The van der Waals surface area contributed by atoms with Crippen molar-refractivity contribution >= 4 is 21.6 Å². The van der Waals surface area contributed by atoms with Crippen molar-refractivity contribution < 1.29 is 17.9 Å². The maximum Gasteiger partial charge on any atom is 0.255 e. The molecule has 0 atom stereocenters. The summed E-state index contributed by atoms with van der Waals surface area (Å²) in [4.78, 5) is 12.4.